The standard InChI is InChI=1S/C12H15N5O2/c1-8-13-7-10(12(18)19-3)11(15-8)14-6-9-4-5-17(2)16-9/h4-5,7H,6H2,1-3H3,(H,13,14,15). The van der Waals surface area contributed by atoms with Gasteiger partial charge in [0.25, 0.3) is 0 Å². The molecular weight excluding hydrogens is 246 g/mol. The van der Waals surface area contributed by atoms with Crippen molar-refractivity contribution in [2.45, 2.75) is 13.5 Å². The molecule has 2 heterocycles. The molecule has 0 aliphatic heterocycles. The molecular formula is C12H15N5O2. The second kappa shape index (κ2) is 5.47. The summed E-state index contributed by atoms with van der Waals surface area (Å²) in [5.41, 5.74) is 1.17. The van der Waals surface area contributed by atoms with Gasteiger partial charge in [-0.05, 0) is 13.0 Å². The first kappa shape index (κ1) is 13.0. The minimum absolute atomic E-state index is 0.309. The highest BCUT2D eigenvalue weighted by Crippen LogP contribution is 2.13. The third kappa shape index (κ3) is 3.06. The number of anilines is 1. The van der Waals surface area contributed by atoms with Crippen LogP contribution in [0.25, 0.3) is 0 Å². The van der Waals surface area contributed by atoms with Crippen LogP contribution >= 0.6 is 0 Å². The second-order valence-corrected chi connectivity index (χ2v) is 4.01. The Balaban J connectivity index is 2.18. The number of carbonyl (C=O) groups is 1. The molecule has 0 spiro atoms. The lowest BCUT2D eigenvalue weighted by Crippen LogP contribution is -2.12. The molecule has 0 saturated carbocycles. The van der Waals surface area contributed by atoms with Crippen LogP contribution in [0.1, 0.15) is 21.9 Å². The Labute approximate surface area is 110 Å². The number of carbonyl (C=O) groups excluding carboxylic acids is 1. The van der Waals surface area contributed by atoms with Crippen LogP contribution in [-0.4, -0.2) is 32.8 Å². The van der Waals surface area contributed by atoms with Gasteiger partial charge in [-0.25, -0.2) is 14.8 Å². The topological polar surface area (TPSA) is 81.9 Å². The quantitative estimate of drug-likeness (QED) is 0.824. The van der Waals surface area contributed by atoms with E-state index in [0.29, 0.717) is 23.8 Å². The Morgan fingerprint density at radius 3 is 2.95 bits per heavy atom. The van der Waals surface area contributed by atoms with Crippen LogP contribution in [0.3, 0.4) is 0 Å². The number of ether oxygens (including phenoxy) is 1. The predicted octanol–water partition coefficient (Wildman–Crippen LogP) is 0.917. The third-order valence-electron chi connectivity index (χ3n) is 2.52. The SMILES string of the molecule is COC(=O)c1cnc(C)nc1NCc1ccn(C)n1. The number of hydrogen-bond donors (Lipinski definition) is 1. The van der Waals surface area contributed by atoms with Crippen LogP contribution in [-0.2, 0) is 18.3 Å². The van der Waals surface area contributed by atoms with Crippen molar-refractivity contribution in [3.05, 3.63) is 35.5 Å². The molecule has 0 unspecified atom stereocenters. The van der Waals surface area contributed by atoms with Crippen molar-refractivity contribution >= 4 is 11.8 Å². The molecule has 7 nitrogen and oxygen atoms in total. The van der Waals surface area contributed by atoms with E-state index in [1.165, 1.54) is 13.3 Å². The fourth-order valence-electron chi connectivity index (χ4n) is 1.60. The lowest BCUT2D eigenvalue weighted by atomic mass is 10.3. The van der Waals surface area contributed by atoms with Gasteiger partial charge in [-0.1, -0.05) is 0 Å². The molecule has 0 amide bonds. The molecule has 0 atom stereocenters. The van der Waals surface area contributed by atoms with Crippen LogP contribution in [0.4, 0.5) is 5.82 Å². The van der Waals surface area contributed by atoms with Gasteiger partial charge in [0.15, 0.2) is 0 Å². The third-order valence-corrected chi connectivity index (χ3v) is 2.52. The van der Waals surface area contributed by atoms with Gasteiger partial charge in [-0.3, -0.25) is 4.68 Å². The summed E-state index contributed by atoms with van der Waals surface area (Å²) >= 11 is 0. The van der Waals surface area contributed by atoms with E-state index in [1.54, 1.807) is 11.6 Å². The van der Waals surface area contributed by atoms with E-state index >= 15 is 0 Å². The van der Waals surface area contributed by atoms with Crippen molar-refractivity contribution < 1.29 is 9.53 Å². The van der Waals surface area contributed by atoms with Crippen molar-refractivity contribution in [2.24, 2.45) is 7.05 Å². The fourth-order valence-corrected chi connectivity index (χ4v) is 1.60. The molecule has 0 aliphatic carbocycles. The van der Waals surface area contributed by atoms with E-state index in [-0.39, 0.29) is 0 Å². The molecule has 0 aliphatic rings. The van der Waals surface area contributed by atoms with Crippen molar-refractivity contribution in [1.82, 2.24) is 19.7 Å². The number of esters is 1. The zero-order valence-corrected chi connectivity index (χ0v) is 11.0. The molecule has 0 fully saturated rings. The summed E-state index contributed by atoms with van der Waals surface area (Å²) in [5, 5.41) is 7.31. The highest BCUT2D eigenvalue weighted by molar-refractivity contribution is 5.94. The summed E-state index contributed by atoms with van der Waals surface area (Å²) in [6.07, 6.45) is 3.30. The summed E-state index contributed by atoms with van der Waals surface area (Å²) in [7, 11) is 3.17. The largest absolute Gasteiger partial charge is 0.465 e. The Morgan fingerprint density at radius 2 is 2.32 bits per heavy atom. The summed E-state index contributed by atoms with van der Waals surface area (Å²) in [6, 6.07) is 1.89. The van der Waals surface area contributed by atoms with Crippen molar-refractivity contribution in [3.8, 4) is 0 Å². The maximum atomic E-state index is 11.6. The highest BCUT2D eigenvalue weighted by atomic mass is 16.5. The van der Waals surface area contributed by atoms with Crippen LogP contribution in [0.2, 0.25) is 0 Å². The predicted molar refractivity (Wildman–Crippen MR) is 68.6 cm³/mol. The van der Waals surface area contributed by atoms with Crippen LogP contribution in [0.5, 0.6) is 0 Å². The monoisotopic (exact) mass is 261 g/mol. The average Bonchev–Trinajstić information content (AvgIpc) is 2.81. The highest BCUT2D eigenvalue weighted by Gasteiger charge is 2.14. The zero-order chi connectivity index (χ0) is 13.8. The van der Waals surface area contributed by atoms with E-state index in [0.717, 1.165) is 5.69 Å². The number of rotatable bonds is 4. The van der Waals surface area contributed by atoms with E-state index < -0.39 is 5.97 Å². The molecule has 2 aromatic rings. The maximum absolute atomic E-state index is 11.6. The average molecular weight is 261 g/mol. The molecule has 7 heteroatoms. The summed E-state index contributed by atoms with van der Waals surface area (Å²) in [4.78, 5) is 19.8. The molecule has 0 aromatic carbocycles. The normalized spacial score (nSPS) is 10.3. The lowest BCUT2D eigenvalue weighted by molar-refractivity contribution is 0.0601. The Hall–Kier alpha value is -2.44. The van der Waals surface area contributed by atoms with Gasteiger partial charge in [0, 0.05) is 19.4 Å². The van der Waals surface area contributed by atoms with Crippen molar-refractivity contribution in [1.29, 1.82) is 0 Å². The zero-order valence-electron chi connectivity index (χ0n) is 11.0. The van der Waals surface area contributed by atoms with E-state index in [4.69, 9.17) is 4.74 Å². The van der Waals surface area contributed by atoms with Gasteiger partial charge in [0.2, 0.25) is 0 Å². The van der Waals surface area contributed by atoms with Crippen LogP contribution in [0, 0.1) is 6.92 Å². The molecule has 1 N–H and O–H groups in total. The van der Waals surface area contributed by atoms with Gasteiger partial charge < -0.3 is 10.1 Å². The summed E-state index contributed by atoms with van der Waals surface area (Å²) < 4.78 is 6.41. The van der Waals surface area contributed by atoms with Crippen LogP contribution in [0.15, 0.2) is 18.5 Å². The second-order valence-electron chi connectivity index (χ2n) is 4.01. The van der Waals surface area contributed by atoms with Gasteiger partial charge in [-0.15, -0.1) is 0 Å². The molecule has 0 saturated heterocycles. The number of nitrogens with one attached hydrogen (secondary N) is 1. The van der Waals surface area contributed by atoms with Gasteiger partial charge in [-0.2, -0.15) is 5.10 Å². The van der Waals surface area contributed by atoms with E-state index in [9.17, 15) is 4.79 Å². The van der Waals surface area contributed by atoms with E-state index in [1.807, 2.05) is 19.3 Å². The Bertz CT molecular complexity index is 594. The summed E-state index contributed by atoms with van der Waals surface area (Å²) in [6.45, 7) is 2.23. The maximum Gasteiger partial charge on any atom is 0.343 e. The lowest BCUT2D eigenvalue weighted by Gasteiger charge is -2.08. The number of aromatic nitrogens is 4. The number of hydrogen-bond acceptors (Lipinski definition) is 6. The molecule has 2 rings (SSSR count). The van der Waals surface area contributed by atoms with E-state index in [2.05, 4.69) is 20.4 Å². The minimum atomic E-state index is -0.469. The van der Waals surface area contributed by atoms with Crippen molar-refractivity contribution in [2.75, 3.05) is 12.4 Å². The molecule has 2 aromatic heterocycles. The first-order valence-electron chi connectivity index (χ1n) is 5.74. The van der Waals surface area contributed by atoms with Crippen LogP contribution < -0.4 is 5.32 Å². The smallest absolute Gasteiger partial charge is 0.343 e. The fraction of sp³-hybridized carbons (Fsp3) is 0.333. The first-order valence-corrected chi connectivity index (χ1v) is 5.74. The molecule has 100 valence electrons. The van der Waals surface area contributed by atoms with Crippen molar-refractivity contribution in [3.63, 3.8) is 0 Å². The molecule has 0 bridgehead atoms. The minimum Gasteiger partial charge on any atom is -0.465 e. The Kier molecular flexibility index (Phi) is 3.74. The summed E-state index contributed by atoms with van der Waals surface area (Å²) in [5.74, 6) is 0.560. The first-order chi connectivity index (χ1) is 9.10. The van der Waals surface area contributed by atoms with Gasteiger partial charge in [0.05, 0.1) is 19.3 Å². The van der Waals surface area contributed by atoms with Gasteiger partial charge in [0.1, 0.15) is 17.2 Å². The molecule has 0 radical (unpaired) electrons. The molecule has 19 heavy (non-hydrogen) atoms. The number of methoxy groups -OCH3 is 1. The number of aryl methyl sites for hydroxylation is 2. The van der Waals surface area contributed by atoms with Gasteiger partial charge >= 0.3 is 5.97 Å². The number of nitrogens with zero attached hydrogens (tertiary/aromatic N) is 4. The Morgan fingerprint density at radius 1 is 1.53 bits per heavy atom.